The predicted molar refractivity (Wildman–Crippen MR) is 136 cm³/mol. The van der Waals surface area contributed by atoms with Crippen LogP contribution in [0.5, 0.6) is 0 Å². The molecule has 0 amide bonds. The van der Waals surface area contributed by atoms with Crippen LogP contribution < -0.4 is 5.30 Å². The van der Waals surface area contributed by atoms with Gasteiger partial charge in [0.15, 0.2) is 0 Å². The van der Waals surface area contributed by atoms with Crippen LogP contribution in [0.15, 0.2) is 42.5 Å². The van der Waals surface area contributed by atoms with Gasteiger partial charge in [0.05, 0.1) is 13.0 Å². The highest BCUT2D eigenvalue weighted by atomic mass is 31.2. The number of rotatable bonds is 21. The maximum absolute atomic E-state index is 13.2. The molecule has 1 N–H and O–H groups in total. The molecule has 5 heteroatoms. The molecule has 0 fully saturated rings. The molecule has 4 nitrogen and oxygen atoms in total. The molecule has 1 aromatic rings. The largest absolute Gasteiger partial charge is 0.481 e. The van der Waals surface area contributed by atoms with Gasteiger partial charge in [-0.15, -0.1) is 0 Å². The lowest BCUT2D eigenvalue weighted by atomic mass is 10.1. The first-order valence-electron chi connectivity index (χ1n) is 12.7. The zero-order valence-corrected chi connectivity index (χ0v) is 21.1. The summed E-state index contributed by atoms with van der Waals surface area (Å²) in [4.78, 5) is 10.9. The molecule has 0 radical (unpaired) electrons. The Morgan fingerprint density at radius 2 is 1.38 bits per heavy atom. The molecule has 0 aliphatic rings. The van der Waals surface area contributed by atoms with Crippen LogP contribution in [-0.4, -0.2) is 23.8 Å². The van der Waals surface area contributed by atoms with Crippen molar-refractivity contribution in [1.82, 2.24) is 0 Å². The lowest BCUT2D eigenvalue weighted by Gasteiger charge is -2.18. The molecule has 0 saturated carbocycles. The van der Waals surface area contributed by atoms with Crippen molar-refractivity contribution in [2.75, 3.05) is 12.8 Å². The van der Waals surface area contributed by atoms with Gasteiger partial charge in [0.2, 0.25) is 7.37 Å². The van der Waals surface area contributed by atoms with Gasteiger partial charge in [0, 0.05) is 11.5 Å². The number of carbonyl (C=O) groups is 1. The number of unbranched alkanes of at least 4 members (excludes halogenated alkanes) is 12. The van der Waals surface area contributed by atoms with Crippen molar-refractivity contribution in [3.8, 4) is 0 Å². The molecule has 182 valence electrons. The number of hydrogen-bond donors (Lipinski definition) is 1. The fourth-order valence-corrected chi connectivity index (χ4v) is 5.80. The Morgan fingerprint density at radius 3 is 1.94 bits per heavy atom. The SMILES string of the molecule is CCCCCCCCC=CCCCCCCCCOP(=O)(CCC(=O)O)c1ccccc1. The third kappa shape index (κ3) is 14.6. The van der Waals surface area contributed by atoms with E-state index < -0.39 is 13.3 Å². The molecule has 0 aliphatic heterocycles. The van der Waals surface area contributed by atoms with Crippen LogP contribution >= 0.6 is 7.37 Å². The van der Waals surface area contributed by atoms with Gasteiger partial charge in [-0.2, -0.15) is 0 Å². The maximum atomic E-state index is 13.2. The lowest BCUT2D eigenvalue weighted by molar-refractivity contribution is -0.136. The van der Waals surface area contributed by atoms with E-state index in [0.29, 0.717) is 11.9 Å². The van der Waals surface area contributed by atoms with Crippen molar-refractivity contribution in [1.29, 1.82) is 0 Å². The first-order valence-corrected chi connectivity index (χ1v) is 14.6. The van der Waals surface area contributed by atoms with Crippen LogP contribution in [-0.2, 0) is 13.9 Å². The number of carboxylic acid groups (broad SMARTS) is 1. The molecule has 1 rings (SSSR count). The van der Waals surface area contributed by atoms with E-state index in [2.05, 4.69) is 19.1 Å². The van der Waals surface area contributed by atoms with Gasteiger partial charge in [-0.1, -0.05) is 95.1 Å². The summed E-state index contributed by atoms with van der Waals surface area (Å²) in [5.41, 5.74) is 0. The van der Waals surface area contributed by atoms with Crippen LogP contribution in [0.1, 0.15) is 103 Å². The highest BCUT2D eigenvalue weighted by Gasteiger charge is 2.26. The zero-order chi connectivity index (χ0) is 23.3. The normalized spacial score (nSPS) is 13.4. The van der Waals surface area contributed by atoms with Crippen molar-refractivity contribution in [2.24, 2.45) is 0 Å². The molecule has 0 bridgehead atoms. The zero-order valence-electron chi connectivity index (χ0n) is 20.2. The summed E-state index contributed by atoms with van der Waals surface area (Å²) in [5, 5.41) is 9.58. The van der Waals surface area contributed by atoms with Crippen LogP contribution in [0.25, 0.3) is 0 Å². The molecule has 32 heavy (non-hydrogen) atoms. The minimum Gasteiger partial charge on any atom is -0.481 e. The van der Waals surface area contributed by atoms with Gasteiger partial charge < -0.3 is 9.63 Å². The number of allylic oxidation sites excluding steroid dienone is 2. The van der Waals surface area contributed by atoms with E-state index in [4.69, 9.17) is 9.63 Å². The van der Waals surface area contributed by atoms with Crippen LogP contribution in [0.2, 0.25) is 0 Å². The van der Waals surface area contributed by atoms with Gasteiger partial charge in [0.25, 0.3) is 0 Å². The highest BCUT2D eigenvalue weighted by Crippen LogP contribution is 2.46. The fourth-order valence-electron chi connectivity index (χ4n) is 3.73. The van der Waals surface area contributed by atoms with E-state index in [0.717, 1.165) is 19.3 Å². The molecule has 1 atom stereocenters. The average molecular weight is 465 g/mol. The second-order valence-electron chi connectivity index (χ2n) is 8.65. The number of aliphatic carboxylic acids is 1. The Morgan fingerprint density at radius 1 is 0.844 bits per heavy atom. The van der Waals surface area contributed by atoms with Gasteiger partial charge >= 0.3 is 5.97 Å². The first kappa shape index (κ1) is 28.7. The maximum Gasteiger partial charge on any atom is 0.303 e. The molecule has 1 unspecified atom stereocenters. The van der Waals surface area contributed by atoms with Crippen LogP contribution in [0.4, 0.5) is 0 Å². The third-order valence-corrected chi connectivity index (χ3v) is 8.22. The molecular weight excluding hydrogens is 419 g/mol. The van der Waals surface area contributed by atoms with Crippen LogP contribution in [0.3, 0.4) is 0 Å². The summed E-state index contributed by atoms with van der Waals surface area (Å²) in [6, 6.07) is 9.03. The summed E-state index contributed by atoms with van der Waals surface area (Å²) < 4.78 is 19.0. The Balaban J connectivity index is 2.05. The quantitative estimate of drug-likeness (QED) is 0.113. The molecule has 0 heterocycles. The minimum atomic E-state index is -3.10. The number of carboxylic acids is 1. The van der Waals surface area contributed by atoms with E-state index in [9.17, 15) is 9.36 Å². The van der Waals surface area contributed by atoms with Gasteiger partial charge in [0.1, 0.15) is 0 Å². The Bertz CT molecular complexity index is 657. The summed E-state index contributed by atoms with van der Waals surface area (Å²) in [6.45, 7) is 2.68. The lowest BCUT2D eigenvalue weighted by Crippen LogP contribution is -2.13. The van der Waals surface area contributed by atoms with E-state index in [1.165, 1.54) is 70.6 Å². The van der Waals surface area contributed by atoms with Gasteiger partial charge in [-0.25, -0.2) is 0 Å². The van der Waals surface area contributed by atoms with Crippen molar-refractivity contribution in [3.05, 3.63) is 42.5 Å². The summed E-state index contributed by atoms with van der Waals surface area (Å²) >= 11 is 0. The van der Waals surface area contributed by atoms with Gasteiger partial charge in [-0.3, -0.25) is 9.36 Å². The van der Waals surface area contributed by atoms with E-state index in [1.807, 2.05) is 18.2 Å². The smallest absolute Gasteiger partial charge is 0.303 e. The Kier molecular flexibility index (Phi) is 17.1. The molecular formula is C27H45O4P. The molecule has 0 saturated heterocycles. The van der Waals surface area contributed by atoms with Crippen molar-refractivity contribution in [2.45, 2.75) is 103 Å². The average Bonchev–Trinajstić information content (AvgIpc) is 2.80. The summed E-state index contributed by atoms with van der Waals surface area (Å²) in [5.74, 6) is -0.943. The highest BCUT2D eigenvalue weighted by molar-refractivity contribution is 7.67. The van der Waals surface area contributed by atoms with E-state index >= 15 is 0 Å². The molecule has 1 aromatic carbocycles. The summed E-state index contributed by atoms with van der Waals surface area (Å²) in [7, 11) is -3.10. The second kappa shape index (κ2) is 19.1. The second-order valence-corrected chi connectivity index (χ2v) is 11.2. The standard InChI is InChI=1S/C27H45O4P/c1-2-3-4-5-6-7-8-9-10-11-12-13-14-15-16-20-24-31-32(30,25-23-27(28)29)26-21-18-17-19-22-26/h9-10,17-19,21-22H,2-8,11-16,20,23-25H2,1H3,(H,28,29). The third-order valence-electron chi connectivity index (χ3n) is 5.73. The van der Waals surface area contributed by atoms with Crippen molar-refractivity contribution >= 4 is 18.6 Å². The number of hydrogen-bond acceptors (Lipinski definition) is 3. The Labute approximate surface area is 196 Å². The Hall–Kier alpha value is -1.38. The summed E-state index contributed by atoms with van der Waals surface area (Å²) in [6.07, 6.45) is 22.0. The molecule has 0 aliphatic carbocycles. The first-order chi connectivity index (χ1) is 15.6. The molecule has 0 aromatic heterocycles. The molecule has 0 spiro atoms. The van der Waals surface area contributed by atoms with Crippen LogP contribution in [0, 0.1) is 0 Å². The van der Waals surface area contributed by atoms with E-state index in [1.54, 1.807) is 12.1 Å². The van der Waals surface area contributed by atoms with Gasteiger partial charge in [-0.05, 0) is 44.2 Å². The predicted octanol–water partition coefficient (Wildman–Crippen LogP) is 8.12. The minimum absolute atomic E-state index is 0.0543. The number of benzene rings is 1. The van der Waals surface area contributed by atoms with Crippen molar-refractivity contribution in [3.63, 3.8) is 0 Å². The van der Waals surface area contributed by atoms with Crippen molar-refractivity contribution < 1.29 is 19.0 Å². The fraction of sp³-hybridized carbons (Fsp3) is 0.667. The monoisotopic (exact) mass is 464 g/mol. The topological polar surface area (TPSA) is 63.6 Å². The van der Waals surface area contributed by atoms with E-state index in [-0.39, 0.29) is 12.6 Å².